The van der Waals surface area contributed by atoms with Gasteiger partial charge in [0.25, 0.3) is 5.89 Å². The molecule has 0 bridgehead atoms. The molecule has 29 heavy (non-hydrogen) atoms. The van der Waals surface area contributed by atoms with Crippen LogP contribution in [0.15, 0.2) is 71.5 Å². The molecule has 0 radical (unpaired) electrons. The minimum Gasteiger partial charge on any atom is -0.485 e. The average Bonchev–Trinajstić information content (AvgIpc) is 3.22. The van der Waals surface area contributed by atoms with Crippen LogP contribution in [-0.4, -0.2) is 15.9 Å². The molecular formula is C22H18ClN3O3. The fourth-order valence-electron chi connectivity index (χ4n) is 2.92. The molecule has 0 aliphatic heterocycles. The van der Waals surface area contributed by atoms with Crippen molar-refractivity contribution in [3.8, 4) is 5.75 Å². The lowest BCUT2D eigenvalue weighted by atomic mass is 10.1. The molecule has 1 amide bonds. The zero-order valence-electron chi connectivity index (χ0n) is 15.6. The largest absolute Gasteiger partial charge is 0.485 e. The Kier molecular flexibility index (Phi) is 5.44. The van der Waals surface area contributed by atoms with Gasteiger partial charge in [0.1, 0.15) is 29.8 Å². The summed E-state index contributed by atoms with van der Waals surface area (Å²) in [7, 11) is 0. The summed E-state index contributed by atoms with van der Waals surface area (Å²) in [6.45, 7) is 2.04. The van der Waals surface area contributed by atoms with E-state index in [2.05, 4.69) is 15.3 Å². The second kappa shape index (κ2) is 8.32. The highest BCUT2D eigenvalue weighted by Crippen LogP contribution is 2.24. The molecule has 2 heterocycles. The Balaban J connectivity index is 1.40. The smallest absolute Gasteiger partial charge is 0.307 e. The first-order valence-electron chi connectivity index (χ1n) is 9.07. The molecule has 1 atom stereocenters. The predicted molar refractivity (Wildman–Crippen MR) is 110 cm³/mol. The number of carbonyl (C=O) groups is 1. The number of aromatic nitrogens is 2. The van der Waals surface area contributed by atoms with E-state index >= 15 is 0 Å². The van der Waals surface area contributed by atoms with Crippen molar-refractivity contribution in [3.05, 3.63) is 89.2 Å². The quantitative estimate of drug-likeness (QED) is 0.489. The molecule has 2 aromatic heterocycles. The Labute approximate surface area is 172 Å². The number of carbonyl (C=O) groups excluding carboxylic acids is 1. The summed E-state index contributed by atoms with van der Waals surface area (Å²) in [5, 5.41) is 4.49. The van der Waals surface area contributed by atoms with Gasteiger partial charge in [-0.3, -0.25) is 9.78 Å². The number of rotatable bonds is 6. The minimum absolute atomic E-state index is 0.0135. The molecule has 0 spiro atoms. The zero-order valence-corrected chi connectivity index (χ0v) is 16.4. The van der Waals surface area contributed by atoms with Crippen molar-refractivity contribution in [1.29, 1.82) is 0 Å². The van der Waals surface area contributed by atoms with E-state index in [4.69, 9.17) is 20.8 Å². The van der Waals surface area contributed by atoms with E-state index in [0.29, 0.717) is 16.5 Å². The van der Waals surface area contributed by atoms with Gasteiger partial charge in [0, 0.05) is 16.6 Å². The van der Waals surface area contributed by atoms with Gasteiger partial charge >= 0.3 is 5.91 Å². The van der Waals surface area contributed by atoms with Gasteiger partial charge in [-0.1, -0.05) is 41.9 Å². The van der Waals surface area contributed by atoms with Gasteiger partial charge in [-0.15, -0.1) is 0 Å². The van der Waals surface area contributed by atoms with Crippen molar-refractivity contribution >= 4 is 28.4 Å². The minimum atomic E-state index is -0.398. The molecule has 6 nitrogen and oxygen atoms in total. The van der Waals surface area contributed by atoms with Crippen molar-refractivity contribution in [2.45, 2.75) is 19.6 Å². The third-order valence-corrected chi connectivity index (χ3v) is 4.69. The molecule has 0 saturated heterocycles. The number of para-hydroxylation sites is 1. The highest BCUT2D eigenvalue weighted by Gasteiger charge is 2.17. The van der Waals surface area contributed by atoms with Crippen LogP contribution in [0.2, 0.25) is 5.02 Å². The van der Waals surface area contributed by atoms with E-state index in [1.165, 1.54) is 6.26 Å². The lowest BCUT2D eigenvalue weighted by Gasteiger charge is -2.12. The molecular weight excluding hydrogens is 390 g/mol. The maximum Gasteiger partial charge on any atom is 0.307 e. The molecule has 0 aliphatic carbocycles. The number of ether oxygens (including phenoxy) is 1. The summed E-state index contributed by atoms with van der Waals surface area (Å²) in [5.74, 6) is 0.236. The molecule has 4 aromatic rings. The van der Waals surface area contributed by atoms with Crippen LogP contribution >= 0.6 is 11.6 Å². The molecule has 7 heteroatoms. The average molecular weight is 408 g/mol. The monoisotopic (exact) mass is 407 g/mol. The maximum absolute atomic E-state index is 12.4. The molecule has 146 valence electrons. The van der Waals surface area contributed by atoms with Crippen LogP contribution in [0, 0.1) is 0 Å². The highest BCUT2D eigenvalue weighted by atomic mass is 35.5. The molecule has 0 unspecified atom stereocenters. The van der Waals surface area contributed by atoms with E-state index in [0.717, 1.165) is 16.5 Å². The molecule has 0 fully saturated rings. The van der Waals surface area contributed by atoms with E-state index in [1.54, 1.807) is 18.3 Å². The van der Waals surface area contributed by atoms with Gasteiger partial charge in [-0.05, 0) is 36.8 Å². The SMILES string of the molecule is C[C@@H](NC(=O)c1nc(COc2cccc3cccnc23)co1)c1ccc(Cl)cc1. The van der Waals surface area contributed by atoms with Crippen molar-refractivity contribution in [1.82, 2.24) is 15.3 Å². The Bertz CT molecular complexity index is 1140. The van der Waals surface area contributed by atoms with Gasteiger partial charge in [-0.2, -0.15) is 0 Å². The second-order valence-corrected chi connectivity index (χ2v) is 6.95. The molecule has 2 aromatic carbocycles. The van der Waals surface area contributed by atoms with Gasteiger partial charge in [0.2, 0.25) is 0 Å². The van der Waals surface area contributed by atoms with E-state index in [1.807, 2.05) is 49.4 Å². The van der Waals surface area contributed by atoms with Gasteiger partial charge < -0.3 is 14.5 Å². The number of fused-ring (bicyclic) bond motifs is 1. The third kappa shape index (κ3) is 4.38. The third-order valence-electron chi connectivity index (χ3n) is 4.43. The number of nitrogens with one attached hydrogen (secondary N) is 1. The Hall–Kier alpha value is -3.38. The van der Waals surface area contributed by atoms with E-state index in [-0.39, 0.29) is 18.5 Å². The summed E-state index contributed by atoms with van der Waals surface area (Å²) >= 11 is 5.90. The number of amides is 1. The normalized spacial score (nSPS) is 11.9. The first-order valence-corrected chi connectivity index (χ1v) is 9.45. The zero-order chi connectivity index (χ0) is 20.2. The predicted octanol–water partition coefficient (Wildman–Crippen LogP) is 4.95. The number of pyridine rings is 1. The first-order chi connectivity index (χ1) is 14.1. The fourth-order valence-corrected chi connectivity index (χ4v) is 3.04. The number of halogens is 1. The van der Waals surface area contributed by atoms with Crippen LogP contribution in [0.4, 0.5) is 0 Å². The van der Waals surface area contributed by atoms with Crippen molar-refractivity contribution in [2.75, 3.05) is 0 Å². The van der Waals surface area contributed by atoms with E-state index in [9.17, 15) is 4.79 Å². The lowest BCUT2D eigenvalue weighted by molar-refractivity contribution is 0.0904. The summed E-state index contributed by atoms with van der Waals surface area (Å²) in [4.78, 5) is 21.0. The topological polar surface area (TPSA) is 77.2 Å². The van der Waals surface area contributed by atoms with Crippen LogP contribution < -0.4 is 10.1 Å². The highest BCUT2D eigenvalue weighted by molar-refractivity contribution is 6.30. The van der Waals surface area contributed by atoms with Crippen molar-refractivity contribution in [2.24, 2.45) is 0 Å². The van der Waals surface area contributed by atoms with Gasteiger partial charge in [0.15, 0.2) is 0 Å². The Morgan fingerprint density at radius 3 is 2.79 bits per heavy atom. The number of benzene rings is 2. The number of oxazole rings is 1. The van der Waals surface area contributed by atoms with E-state index < -0.39 is 5.91 Å². The Morgan fingerprint density at radius 1 is 1.17 bits per heavy atom. The Morgan fingerprint density at radius 2 is 1.97 bits per heavy atom. The van der Waals surface area contributed by atoms with Crippen LogP contribution in [0.25, 0.3) is 10.9 Å². The molecule has 1 N–H and O–H groups in total. The summed E-state index contributed by atoms with van der Waals surface area (Å²) in [6, 6.07) is 16.6. The van der Waals surface area contributed by atoms with Crippen molar-refractivity contribution < 1.29 is 13.9 Å². The van der Waals surface area contributed by atoms with Gasteiger partial charge in [-0.25, -0.2) is 4.98 Å². The van der Waals surface area contributed by atoms with Crippen molar-refractivity contribution in [3.63, 3.8) is 0 Å². The van der Waals surface area contributed by atoms with Gasteiger partial charge in [0.05, 0.1) is 6.04 Å². The number of hydrogen-bond donors (Lipinski definition) is 1. The molecule has 0 aliphatic rings. The molecule has 0 saturated carbocycles. The van der Waals surface area contributed by atoms with Crippen LogP contribution in [0.3, 0.4) is 0 Å². The molecule has 4 rings (SSSR count). The first kappa shape index (κ1) is 19.0. The van der Waals surface area contributed by atoms with Crippen LogP contribution in [-0.2, 0) is 6.61 Å². The second-order valence-electron chi connectivity index (χ2n) is 6.51. The summed E-state index contributed by atoms with van der Waals surface area (Å²) in [6.07, 6.45) is 3.13. The maximum atomic E-state index is 12.4. The van der Waals surface area contributed by atoms with Crippen LogP contribution in [0.1, 0.15) is 34.9 Å². The van der Waals surface area contributed by atoms with Crippen LogP contribution in [0.5, 0.6) is 5.75 Å². The number of nitrogens with zero attached hydrogens (tertiary/aromatic N) is 2. The standard InChI is InChI=1S/C22H18ClN3O3/c1-14(15-7-9-17(23)10-8-15)25-21(27)22-26-18(13-29-22)12-28-19-6-2-4-16-5-3-11-24-20(16)19/h2-11,13-14H,12H2,1H3,(H,25,27)/t14-/m1/s1. The summed E-state index contributed by atoms with van der Waals surface area (Å²) < 4.78 is 11.1. The fraction of sp³-hybridized carbons (Fsp3) is 0.136. The summed E-state index contributed by atoms with van der Waals surface area (Å²) in [5.41, 5.74) is 2.22. The lowest BCUT2D eigenvalue weighted by Crippen LogP contribution is -2.26. The number of hydrogen-bond acceptors (Lipinski definition) is 5.